The van der Waals surface area contributed by atoms with Crippen LogP contribution >= 0.6 is 12.6 Å². The number of phenolic OH excluding ortho intramolecular Hbond substituents is 1. The first-order valence-electron chi connectivity index (χ1n) is 8.08. The molecule has 0 saturated heterocycles. The molecule has 0 fully saturated rings. The van der Waals surface area contributed by atoms with Crippen molar-refractivity contribution >= 4 is 18.9 Å². The highest BCUT2D eigenvalue weighted by Crippen LogP contribution is 2.37. The average Bonchev–Trinajstić information content (AvgIpc) is 2.59. The highest BCUT2D eigenvalue weighted by Gasteiger charge is 2.35. The number of aldehydes is 1. The number of ether oxygens (including phenoxy) is 1. The van der Waals surface area contributed by atoms with Crippen LogP contribution < -0.4 is 4.74 Å². The van der Waals surface area contributed by atoms with Crippen LogP contribution in [-0.4, -0.2) is 16.6 Å². The highest BCUT2D eigenvalue weighted by atomic mass is 32.1. The van der Waals surface area contributed by atoms with Crippen LogP contribution in [0.25, 0.3) is 0 Å². The van der Waals surface area contributed by atoms with E-state index in [1.807, 2.05) is 0 Å². The number of phenols is 1. The van der Waals surface area contributed by atoms with Crippen molar-refractivity contribution in [3.8, 4) is 11.5 Å². The number of halogens is 5. The van der Waals surface area contributed by atoms with Crippen molar-refractivity contribution < 1.29 is 36.6 Å². The molecule has 0 radical (unpaired) electrons. The van der Waals surface area contributed by atoms with Gasteiger partial charge in [0, 0.05) is 12.5 Å². The first kappa shape index (κ1) is 22.0. The lowest BCUT2D eigenvalue weighted by Gasteiger charge is -2.19. The zero-order valence-corrected chi connectivity index (χ0v) is 15.5. The number of carbonyl (C=O) groups is 1. The molecule has 2 aromatic carbocycles. The molecular formula is C19H17F5O3S. The van der Waals surface area contributed by atoms with E-state index in [2.05, 4.69) is 12.6 Å². The van der Waals surface area contributed by atoms with Gasteiger partial charge < -0.3 is 14.6 Å². The van der Waals surface area contributed by atoms with Gasteiger partial charge in [0.25, 0.3) is 5.92 Å². The Bertz CT molecular complexity index is 846. The molecular weight excluding hydrogens is 403 g/mol. The number of hydrogen-bond acceptors (Lipinski definition) is 4. The van der Waals surface area contributed by atoms with E-state index in [1.165, 1.54) is 12.1 Å². The smallest absolute Gasteiger partial charge is 0.416 e. The zero-order chi connectivity index (χ0) is 21.1. The maximum atomic E-state index is 13.8. The Labute approximate surface area is 163 Å². The third kappa shape index (κ3) is 5.60. The zero-order valence-electron chi connectivity index (χ0n) is 14.6. The molecule has 1 N–H and O–H groups in total. The van der Waals surface area contributed by atoms with Crippen LogP contribution in [0, 0.1) is 0 Å². The third-order valence-corrected chi connectivity index (χ3v) is 4.22. The molecule has 0 spiro atoms. The van der Waals surface area contributed by atoms with E-state index >= 15 is 0 Å². The fourth-order valence-corrected chi connectivity index (χ4v) is 2.76. The minimum Gasteiger partial charge on any atom is -0.504 e. The van der Waals surface area contributed by atoms with E-state index in [-0.39, 0.29) is 23.5 Å². The third-order valence-electron chi connectivity index (χ3n) is 3.92. The van der Waals surface area contributed by atoms with Crippen LogP contribution in [-0.2, 0) is 29.9 Å². The summed E-state index contributed by atoms with van der Waals surface area (Å²) in [4.78, 5) is 10.6. The van der Waals surface area contributed by atoms with Crippen LogP contribution in [0.3, 0.4) is 0 Å². The molecule has 0 heterocycles. The first-order valence-corrected chi connectivity index (χ1v) is 8.60. The predicted octanol–water partition coefficient (Wildman–Crippen LogP) is 5.14. The van der Waals surface area contributed by atoms with E-state index in [0.717, 1.165) is 6.07 Å². The molecule has 2 aromatic rings. The van der Waals surface area contributed by atoms with Gasteiger partial charge >= 0.3 is 6.18 Å². The van der Waals surface area contributed by atoms with Gasteiger partial charge in [-0.3, -0.25) is 0 Å². The Kier molecular flexibility index (Phi) is 6.59. The maximum Gasteiger partial charge on any atom is 0.416 e. The Morgan fingerprint density at radius 2 is 1.82 bits per heavy atom. The van der Waals surface area contributed by atoms with Gasteiger partial charge in [-0.1, -0.05) is 12.1 Å². The van der Waals surface area contributed by atoms with Crippen LogP contribution in [0.4, 0.5) is 22.0 Å². The molecule has 9 heteroatoms. The van der Waals surface area contributed by atoms with Gasteiger partial charge in [-0.2, -0.15) is 25.8 Å². The molecule has 3 nitrogen and oxygen atoms in total. The Balaban J connectivity index is 2.23. The van der Waals surface area contributed by atoms with E-state index in [4.69, 9.17) is 4.74 Å². The molecule has 0 bridgehead atoms. The SMILES string of the molecule is CC(F)(F)c1cc(C(F)(F)F)ccc1COc1ccc(CC(S)C=O)cc1O. The van der Waals surface area contributed by atoms with Gasteiger partial charge in [0.1, 0.15) is 12.9 Å². The van der Waals surface area contributed by atoms with Crippen molar-refractivity contribution in [2.24, 2.45) is 0 Å². The number of thiol groups is 1. The second-order valence-corrected chi connectivity index (χ2v) is 6.92. The van der Waals surface area contributed by atoms with Gasteiger partial charge in [0.2, 0.25) is 0 Å². The maximum absolute atomic E-state index is 13.8. The summed E-state index contributed by atoms with van der Waals surface area (Å²) in [6.07, 6.45) is -3.84. The minimum atomic E-state index is -4.75. The molecule has 0 amide bonds. The molecule has 0 aliphatic heterocycles. The summed E-state index contributed by atoms with van der Waals surface area (Å²) >= 11 is 4.03. The van der Waals surface area contributed by atoms with Crippen molar-refractivity contribution in [2.75, 3.05) is 0 Å². The Hall–Kier alpha value is -2.29. The molecule has 28 heavy (non-hydrogen) atoms. The number of hydrogen-bond donors (Lipinski definition) is 2. The summed E-state index contributed by atoms with van der Waals surface area (Å²) in [7, 11) is 0. The molecule has 1 atom stereocenters. The van der Waals surface area contributed by atoms with Gasteiger partial charge in [-0.15, -0.1) is 0 Å². The van der Waals surface area contributed by atoms with Crippen LogP contribution in [0.2, 0.25) is 0 Å². The van der Waals surface area contributed by atoms with E-state index in [9.17, 15) is 31.9 Å². The molecule has 2 rings (SSSR count). The quantitative estimate of drug-likeness (QED) is 0.370. The summed E-state index contributed by atoms with van der Waals surface area (Å²) in [6, 6.07) is 6.30. The summed E-state index contributed by atoms with van der Waals surface area (Å²) in [5, 5.41) is 9.45. The lowest BCUT2D eigenvalue weighted by molar-refractivity contribution is -0.137. The summed E-state index contributed by atoms with van der Waals surface area (Å²) in [5.74, 6) is -3.83. The van der Waals surface area contributed by atoms with Crippen molar-refractivity contribution in [2.45, 2.75) is 37.3 Å². The molecule has 0 aromatic heterocycles. The number of aromatic hydroxyl groups is 1. The number of benzene rings is 2. The minimum absolute atomic E-state index is 0.0316. The van der Waals surface area contributed by atoms with Crippen LogP contribution in [0.15, 0.2) is 36.4 Å². The van der Waals surface area contributed by atoms with Gasteiger partial charge in [-0.05, 0) is 41.8 Å². The Morgan fingerprint density at radius 1 is 1.14 bits per heavy atom. The molecule has 1 unspecified atom stereocenters. The van der Waals surface area contributed by atoms with Crippen molar-refractivity contribution in [3.63, 3.8) is 0 Å². The second-order valence-electron chi connectivity index (χ2n) is 6.26. The standard InChI is InChI=1S/C19H17F5O3S/c1-18(20,21)15-8-13(19(22,23)24)4-3-12(15)10-27-17-5-2-11(7-16(17)26)6-14(28)9-25/h2-5,7-9,14,26,28H,6,10H2,1H3. The molecule has 0 aliphatic rings. The van der Waals surface area contributed by atoms with Crippen molar-refractivity contribution in [1.29, 1.82) is 0 Å². The van der Waals surface area contributed by atoms with E-state index < -0.39 is 35.1 Å². The van der Waals surface area contributed by atoms with Gasteiger partial charge in [0.15, 0.2) is 11.5 Å². The Morgan fingerprint density at radius 3 is 2.36 bits per heavy atom. The lowest BCUT2D eigenvalue weighted by atomic mass is 9.99. The monoisotopic (exact) mass is 420 g/mol. The summed E-state index contributed by atoms with van der Waals surface area (Å²) in [5.41, 5.74) is -1.52. The van der Waals surface area contributed by atoms with Gasteiger partial charge in [0.05, 0.1) is 10.8 Å². The van der Waals surface area contributed by atoms with Crippen LogP contribution in [0.5, 0.6) is 11.5 Å². The summed E-state index contributed by atoms with van der Waals surface area (Å²) < 4.78 is 71.3. The van der Waals surface area contributed by atoms with E-state index in [0.29, 0.717) is 30.9 Å². The second kappa shape index (κ2) is 8.38. The number of alkyl halides is 5. The topological polar surface area (TPSA) is 46.5 Å². The summed E-state index contributed by atoms with van der Waals surface area (Å²) in [6.45, 7) is 0.0342. The lowest BCUT2D eigenvalue weighted by Crippen LogP contribution is -2.15. The van der Waals surface area contributed by atoms with Gasteiger partial charge in [-0.25, -0.2) is 8.78 Å². The first-order chi connectivity index (χ1) is 12.9. The molecule has 152 valence electrons. The van der Waals surface area contributed by atoms with Crippen molar-refractivity contribution in [3.05, 3.63) is 58.7 Å². The molecule has 0 aliphatic carbocycles. The van der Waals surface area contributed by atoms with E-state index in [1.54, 1.807) is 6.07 Å². The average molecular weight is 420 g/mol. The largest absolute Gasteiger partial charge is 0.504 e. The van der Waals surface area contributed by atoms with Crippen molar-refractivity contribution in [1.82, 2.24) is 0 Å². The predicted molar refractivity (Wildman–Crippen MR) is 96.0 cm³/mol. The molecule has 0 saturated carbocycles. The fraction of sp³-hybridized carbons (Fsp3) is 0.316. The fourth-order valence-electron chi connectivity index (χ4n) is 2.54. The number of rotatable bonds is 7. The number of carbonyl (C=O) groups excluding carboxylic acids is 1. The normalized spacial score (nSPS) is 13.2. The highest BCUT2D eigenvalue weighted by molar-refractivity contribution is 7.81. The van der Waals surface area contributed by atoms with Crippen LogP contribution in [0.1, 0.15) is 29.2 Å².